The molecule has 142 valence electrons. The lowest BCUT2D eigenvalue weighted by atomic mass is 10.1. The van der Waals surface area contributed by atoms with Gasteiger partial charge in [0.2, 0.25) is 11.8 Å². The molecule has 0 radical (unpaired) electrons. The number of hydrogen-bond donors (Lipinski definition) is 1. The van der Waals surface area contributed by atoms with E-state index in [0.717, 1.165) is 0 Å². The lowest BCUT2D eigenvalue weighted by Gasteiger charge is -2.34. The lowest BCUT2D eigenvalue weighted by molar-refractivity contribution is -0.132. The monoisotopic (exact) mass is 373 g/mol. The van der Waals surface area contributed by atoms with E-state index < -0.39 is 5.82 Å². The van der Waals surface area contributed by atoms with E-state index in [4.69, 9.17) is 0 Å². The number of rotatable bonds is 5. The molecule has 3 rings (SSSR count). The molecule has 2 aromatic carbocycles. The van der Waals surface area contributed by atoms with Crippen LogP contribution in [0.5, 0.6) is 0 Å². The van der Waals surface area contributed by atoms with Crippen LogP contribution < -0.4 is 5.32 Å². The van der Waals surface area contributed by atoms with Gasteiger partial charge >= 0.3 is 0 Å². The molecule has 27 heavy (non-hydrogen) atoms. The van der Waals surface area contributed by atoms with Crippen LogP contribution in [0.15, 0.2) is 48.5 Å². The number of amides is 2. The van der Waals surface area contributed by atoms with Crippen molar-refractivity contribution in [3.63, 3.8) is 0 Å². The molecule has 1 aliphatic rings. The first-order valence-corrected chi connectivity index (χ1v) is 8.79. The van der Waals surface area contributed by atoms with E-state index in [1.54, 1.807) is 23.1 Å². The molecule has 0 aromatic heterocycles. The number of carbonyl (C=O) groups is 2. The Bertz CT molecular complexity index is 820. The predicted molar refractivity (Wildman–Crippen MR) is 98.2 cm³/mol. The van der Waals surface area contributed by atoms with Crippen LogP contribution in [0.2, 0.25) is 0 Å². The summed E-state index contributed by atoms with van der Waals surface area (Å²) in [7, 11) is 0. The zero-order valence-corrected chi connectivity index (χ0v) is 14.8. The number of anilines is 1. The molecular formula is C20H21F2N3O2. The molecule has 0 atom stereocenters. The van der Waals surface area contributed by atoms with Crippen molar-refractivity contribution in [2.45, 2.75) is 6.42 Å². The summed E-state index contributed by atoms with van der Waals surface area (Å²) in [6, 6.07) is 11.8. The van der Waals surface area contributed by atoms with Crippen LogP contribution in [0.3, 0.4) is 0 Å². The molecule has 1 heterocycles. The molecule has 0 aliphatic carbocycles. The molecule has 1 aliphatic heterocycles. The van der Waals surface area contributed by atoms with Crippen LogP contribution >= 0.6 is 0 Å². The van der Waals surface area contributed by atoms with Gasteiger partial charge in [0.25, 0.3) is 0 Å². The van der Waals surface area contributed by atoms with Crippen molar-refractivity contribution in [1.82, 2.24) is 9.80 Å². The maximum absolute atomic E-state index is 13.2. The standard InChI is InChI=1S/C20H21F2N3O2/c21-16-4-1-3-15(11-16)12-20(27)25-9-7-24(8-10-25)14-19(26)23-18-6-2-5-17(22)13-18/h1-6,11,13H,7-10,12,14H2,(H,23,26). The second-order valence-electron chi connectivity index (χ2n) is 6.52. The number of benzene rings is 2. The Kier molecular flexibility index (Phi) is 6.13. The Labute approximate surface area is 156 Å². The van der Waals surface area contributed by atoms with Crippen LogP contribution in [0.25, 0.3) is 0 Å². The van der Waals surface area contributed by atoms with Gasteiger partial charge < -0.3 is 10.2 Å². The summed E-state index contributed by atoms with van der Waals surface area (Å²) >= 11 is 0. The SMILES string of the molecule is O=C(CN1CCN(C(=O)Cc2cccc(F)c2)CC1)Nc1cccc(F)c1. The van der Waals surface area contributed by atoms with Gasteiger partial charge in [0, 0.05) is 31.9 Å². The summed E-state index contributed by atoms with van der Waals surface area (Å²) in [5.74, 6) is -1.03. The van der Waals surface area contributed by atoms with Crippen molar-refractivity contribution in [3.05, 3.63) is 65.7 Å². The highest BCUT2D eigenvalue weighted by Gasteiger charge is 2.22. The van der Waals surface area contributed by atoms with Gasteiger partial charge in [0.05, 0.1) is 13.0 Å². The molecule has 5 nitrogen and oxygen atoms in total. The first-order valence-electron chi connectivity index (χ1n) is 8.79. The zero-order valence-electron chi connectivity index (χ0n) is 14.8. The summed E-state index contributed by atoms with van der Waals surface area (Å²) in [6.07, 6.45) is 0.165. The molecule has 7 heteroatoms. The summed E-state index contributed by atoms with van der Waals surface area (Å²) < 4.78 is 26.4. The van der Waals surface area contributed by atoms with Gasteiger partial charge in [-0.1, -0.05) is 18.2 Å². The van der Waals surface area contributed by atoms with Gasteiger partial charge in [0.15, 0.2) is 0 Å². The van der Waals surface area contributed by atoms with E-state index in [1.807, 2.05) is 4.90 Å². The fraction of sp³-hybridized carbons (Fsp3) is 0.300. The third kappa shape index (κ3) is 5.59. The number of halogens is 2. The van der Waals surface area contributed by atoms with Crippen molar-refractivity contribution in [2.75, 3.05) is 38.0 Å². The maximum atomic E-state index is 13.2. The number of nitrogens with zero attached hydrogens (tertiary/aromatic N) is 2. The topological polar surface area (TPSA) is 52.7 Å². The van der Waals surface area contributed by atoms with E-state index in [-0.39, 0.29) is 30.6 Å². The van der Waals surface area contributed by atoms with Crippen LogP contribution in [-0.2, 0) is 16.0 Å². The smallest absolute Gasteiger partial charge is 0.238 e. The molecule has 2 aromatic rings. The largest absolute Gasteiger partial charge is 0.340 e. The highest BCUT2D eigenvalue weighted by Crippen LogP contribution is 2.11. The first-order chi connectivity index (χ1) is 13.0. The van der Waals surface area contributed by atoms with Crippen LogP contribution in [-0.4, -0.2) is 54.3 Å². The lowest BCUT2D eigenvalue weighted by Crippen LogP contribution is -2.50. The maximum Gasteiger partial charge on any atom is 0.238 e. The van der Waals surface area contributed by atoms with E-state index in [9.17, 15) is 18.4 Å². The minimum Gasteiger partial charge on any atom is -0.340 e. The second-order valence-corrected chi connectivity index (χ2v) is 6.52. The Morgan fingerprint density at radius 2 is 1.59 bits per heavy atom. The average Bonchev–Trinajstić information content (AvgIpc) is 2.62. The third-order valence-electron chi connectivity index (χ3n) is 4.44. The van der Waals surface area contributed by atoms with Crippen LogP contribution in [0.1, 0.15) is 5.56 Å². The molecule has 2 amide bonds. The highest BCUT2D eigenvalue weighted by molar-refractivity contribution is 5.92. The molecular weight excluding hydrogens is 352 g/mol. The predicted octanol–water partition coefficient (Wildman–Crippen LogP) is 2.29. The van der Waals surface area contributed by atoms with Crippen molar-refractivity contribution in [2.24, 2.45) is 0 Å². The first kappa shape index (κ1) is 19.0. The van der Waals surface area contributed by atoms with Gasteiger partial charge in [-0.15, -0.1) is 0 Å². The molecule has 1 N–H and O–H groups in total. The normalized spacial score (nSPS) is 14.8. The number of carbonyl (C=O) groups excluding carboxylic acids is 2. The van der Waals surface area contributed by atoms with Crippen molar-refractivity contribution < 1.29 is 18.4 Å². The Hall–Kier alpha value is -2.80. The quantitative estimate of drug-likeness (QED) is 0.875. The fourth-order valence-electron chi connectivity index (χ4n) is 3.06. The molecule has 1 fully saturated rings. The third-order valence-corrected chi connectivity index (χ3v) is 4.44. The number of hydrogen-bond acceptors (Lipinski definition) is 3. The minimum absolute atomic E-state index is 0.0514. The minimum atomic E-state index is -0.404. The Balaban J connectivity index is 1.44. The summed E-state index contributed by atoms with van der Waals surface area (Å²) in [4.78, 5) is 28.1. The molecule has 0 unspecified atom stereocenters. The van der Waals surface area contributed by atoms with Crippen molar-refractivity contribution >= 4 is 17.5 Å². The van der Waals surface area contributed by atoms with Crippen molar-refractivity contribution in [3.8, 4) is 0 Å². The van der Waals surface area contributed by atoms with Crippen molar-refractivity contribution in [1.29, 1.82) is 0 Å². The van der Waals surface area contributed by atoms with Gasteiger partial charge in [-0.3, -0.25) is 14.5 Å². The van der Waals surface area contributed by atoms with E-state index in [0.29, 0.717) is 37.4 Å². The molecule has 0 saturated carbocycles. The van der Waals surface area contributed by atoms with Gasteiger partial charge in [-0.25, -0.2) is 8.78 Å². The van der Waals surface area contributed by atoms with Gasteiger partial charge in [0.1, 0.15) is 11.6 Å². The van der Waals surface area contributed by atoms with Crippen LogP contribution in [0.4, 0.5) is 14.5 Å². The Morgan fingerprint density at radius 3 is 2.26 bits per heavy atom. The molecule has 0 bridgehead atoms. The summed E-state index contributed by atoms with van der Waals surface area (Å²) in [5, 5.41) is 2.67. The number of nitrogens with one attached hydrogen (secondary N) is 1. The Morgan fingerprint density at radius 1 is 0.926 bits per heavy atom. The second kappa shape index (κ2) is 8.73. The van der Waals surface area contributed by atoms with Gasteiger partial charge in [-0.2, -0.15) is 0 Å². The summed E-state index contributed by atoms with van der Waals surface area (Å²) in [6.45, 7) is 2.36. The molecule has 0 spiro atoms. The highest BCUT2D eigenvalue weighted by atomic mass is 19.1. The van der Waals surface area contributed by atoms with Crippen LogP contribution in [0, 0.1) is 11.6 Å². The average molecular weight is 373 g/mol. The number of piperazine rings is 1. The zero-order chi connectivity index (χ0) is 19.2. The summed E-state index contributed by atoms with van der Waals surface area (Å²) in [5.41, 5.74) is 1.07. The molecule has 1 saturated heterocycles. The fourth-order valence-corrected chi connectivity index (χ4v) is 3.06. The van der Waals surface area contributed by atoms with E-state index in [1.165, 1.54) is 30.3 Å². The van der Waals surface area contributed by atoms with E-state index in [2.05, 4.69) is 5.32 Å². The van der Waals surface area contributed by atoms with E-state index >= 15 is 0 Å². The van der Waals surface area contributed by atoms with Gasteiger partial charge in [-0.05, 0) is 35.9 Å².